The lowest BCUT2D eigenvalue weighted by atomic mass is 9.95. The Kier molecular flexibility index (Phi) is 6.63. The van der Waals surface area contributed by atoms with Crippen molar-refractivity contribution in [1.82, 2.24) is 5.32 Å². The molecule has 0 radical (unpaired) electrons. The van der Waals surface area contributed by atoms with Gasteiger partial charge in [0.25, 0.3) is 10.0 Å². The Hall–Kier alpha value is -2.34. The van der Waals surface area contributed by atoms with Crippen molar-refractivity contribution in [2.75, 3.05) is 10.8 Å². The van der Waals surface area contributed by atoms with Gasteiger partial charge in [-0.15, -0.1) is 0 Å². The minimum Gasteiger partial charge on any atom is -0.352 e. The number of amides is 1. The first-order valence-corrected chi connectivity index (χ1v) is 11.7. The predicted octanol–water partition coefficient (Wildman–Crippen LogP) is 4.26. The van der Waals surface area contributed by atoms with Gasteiger partial charge < -0.3 is 5.32 Å². The predicted molar refractivity (Wildman–Crippen MR) is 117 cm³/mol. The Balaban J connectivity index is 1.94. The molecule has 0 bridgehead atoms. The zero-order valence-electron chi connectivity index (χ0n) is 17.4. The van der Waals surface area contributed by atoms with Crippen LogP contribution in [0.2, 0.25) is 0 Å². The smallest absolute Gasteiger partial charge is 0.264 e. The molecule has 0 atom stereocenters. The summed E-state index contributed by atoms with van der Waals surface area (Å²) < 4.78 is 28.2. The summed E-state index contributed by atoms with van der Waals surface area (Å²) in [7, 11) is -3.87. The number of sulfonamides is 1. The van der Waals surface area contributed by atoms with Gasteiger partial charge in [-0.1, -0.05) is 49.1 Å². The maximum absolute atomic E-state index is 13.5. The second-order valence-corrected chi connectivity index (χ2v) is 9.81. The number of carbonyl (C=O) groups excluding carboxylic acids is 1. The summed E-state index contributed by atoms with van der Waals surface area (Å²) >= 11 is 0. The summed E-state index contributed by atoms with van der Waals surface area (Å²) in [6.07, 6.45) is 5.32. The van der Waals surface area contributed by atoms with Crippen molar-refractivity contribution >= 4 is 21.6 Å². The molecule has 1 aliphatic rings. The van der Waals surface area contributed by atoms with Gasteiger partial charge >= 0.3 is 0 Å². The van der Waals surface area contributed by atoms with Crippen LogP contribution in [0.25, 0.3) is 0 Å². The lowest BCUT2D eigenvalue weighted by molar-refractivity contribution is -0.120. The molecule has 1 saturated carbocycles. The number of nitrogens with one attached hydrogen (secondary N) is 1. The second-order valence-electron chi connectivity index (χ2n) is 7.95. The fourth-order valence-electron chi connectivity index (χ4n) is 3.79. The molecule has 5 nitrogen and oxygen atoms in total. The fraction of sp³-hybridized carbons (Fsp3) is 0.435. The number of hydrogen-bond donors (Lipinski definition) is 1. The van der Waals surface area contributed by atoms with Crippen LogP contribution < -0.4 is 9.62 Å². The summed E-state index contributed by atoms with van der Waals surface area (Å²) in [6, 6.07) is 12.4. The minimum absolute atomic E-state index is 0.138. The Bertz CT molecular complexity index is 962. The molecule has 1 N–H and O–H groups in total. The third kappa shape index (κ3) is 4.99. The number of carbonyl (C=O) groups is 1. The van der Waals surface area contributed by atoms with Crippen molar-refractivity contribution in [3.8, 4) is 0 Å². The lowest BCUT2D eigenvalue weighted by Crippen LogP contribution is -2.45. The highest BCUT2D eigenvalue weighted by atomic mass is 32.2. The molecular formula is C23H30N2O3S. The lowest BCUT2D eigenvalue weighted by Gasteiger charge is -2.28. The van der Waals surface area contributed by atoms with E-state index in [9.17, 15) is 13.2 Å². The Morgan fingerprint density at radius 1 is 1.00 bits per heavy atom. The molecule has 1 amide bonds. The summed E-state index contributed by atoms with van der Waals surface area (Å²) in [5.41, 5.74) is 3.37. The number of aryl methyl sites for hydroxylation is 2. The molecule has 156 valence electrons. The van der Waals surface area contributed by atoms with E-state index in [0.29, 0.717) is 5.69 Å². The van der Waals surface area contributed by atoms with Gasteiger partial charge in [0.15, 0.2) is 0 Å². The topological polar surface area (TPSA) is 66.5 Å². The molecular weight excluding hydrogens is 384 g/mol. The molecule has 3 rings (SSSR count). The van der Waals surface area contributed by atoms with Gasteiger partial charge in [0.1, 0.15) is 6.54 Å². The minimum atomic E-state index is -3.87. The molecule has 0 spiro atoms. The maximum atomic E-state index is 13.5. The Labute approximate surface area is 174 Å². The van der Waals surface area contributed by atoms with Crippen molar-refractivity contribution in [2.24, 2.45) is 0 Å². The van der Waals surface area contributed by atoms with Gasteiger partial charge in [-0.2, -0.15) is 0 Å². The van der Waals surface area contributed by atoms with E-state index in [-0.39, 0.29) is 23.4 Å². The highest BCUT2D eigenvalue weighted by Gasteiger charge is 2.29. The third-order valence-electron chi connectivity index (χ3n) is 5.71. The molecule has 2 aromatic carbocycles. The van der Waals surface area contributed by atoms with Crippen LogP contribution in [0.5, 0.6) is 0 Å². The normalized spacial score (nSPS) is 15.1. The summed E-state index contributed by atoms with van der Waals surface area (Å²) in [4.78, 5) is 13.0. The first-order chi connectivity index (χ1) is 13.8. The highest BCUT2D eigenvalue weighted by Crippen LogP contribution is 2.28. The van der Waals surface area contributed by atoms with Crippen LogP contribution >= 0.6 is 0 Å². The Morgan fingerprint density at radius 3 is 2.31 bits per heavy atom. The second kappa shape index (κ2) is 8.99. The molecule has 6 heteroatoms. The molecule has 0 unspecified atom stereocenters. The largest absolute Gasteiger partial charge is 0.352 e. The van der Waals surface area contributed by atoms with Crippen LogP contribution in [-0.2, 0) is 14.8 Å². The van der Waals surface area contributed by atoms with Crippen molar-refractivity contribution in [3.05, 3.63) is 59.2 Å². The van der Waals surface area contributed by atoms with E-state index in [4.69, 9.17) is 0 Å². The Morgan fingerprint density at radius 2 is 1.66 bits per heavy atom. The van der Waals surface area contributed by atoms with Gasteiger partial charge in [-0.3, -0.25) is 9.10 Å². The van der Waals surface area contributed by atoms with Crippen molar-refractivity contribution in [3.63, 3.8) is 0 Å². The van der Waals surface area contributed by atoms with E-state index >= 15 is 0 Å². The number of benzene rings is 2. The number of anilines is 1. The van der Waals surface area contributed by atoms with Crippen LogP contribution in [0.3, 0.4) is 0 Å². The molecule has 29 heavy (non-hydrogen) atoms. The molecule has 2 aromatic rings. The summed E-state index contributed by atoms with van der Waals surface area (Å²) in [5.74, 6) is -0.256. The molecule has 1 fully saturated rings. The highest BCUT2D eigenvalue weighted by molar-refractivity contribution is 7.92. The van der Waals surface area contributed by atoms with E-state index < -0.39 is 10.0 Å². The average molecular weight is 415 g/mol. The van der Waals surface area contributed by atoms with Gasteiger partial charge in [-0.05, 0) is 62.9 Å². The zero-order valence-corrected chi connectivity index (χ0v) is 18.3. The molecule has 1 aliphatic carbocycles. The first kappa shape index (κ1) is 21.4. The molecule has 0 saturated heterocycles. The first-order valence-electron chi connectivity index (χ1n) is 10.2. The van der Waals surface area contributed by atoms with Crippen LogP contribution in [0.15, 0.2) is 47.4 Å². The van der Waals surface area contributed by atoms with E-state index in [1.54, 1.807) is 30.3 Å². The van der Waals surface area contributed by atoms with Crippen molar-refractivity contribution < 1.29 is 13.2 Å². The molecule has 0 aliphatic heterocycles. The number of hydrogen-bond acceptors (Lipinski definition) is 3. The number of nitrogens with zero attached hydrogens (tertiary/aromatic N) is 1. The van der Waals surface area contributed by atoms with E-state index in [0.717, 1.165) is 42.4 Å². The van der Waals surface area contributed by atoms with Gasteiger partial charge in [0.05, 0.1) is 10.6 Å². The van der Waals surface area contributed by atoms with Gasteiger partial charge in [0, 0.05) is 6.04 Å². The van der Waals surface area contributed by atoms with Crippen LogP contribution in [0.1, 0.15) is 48.8 Å². The molecule has 0 heterocycles. The van der Waals surface area contributed by atoms with Crippen molar-refractivity contribution in [1.29, 1.82) is 0 Å². The standard InChI is InChI=1S/C23H30N2O3S/c1-17-12-14-21(15-13-17)29(27,28)25(22-11-7-8-18(2)19(22)3)16-23(26)24-20-9-5-4-6-10-20/h7-8,11-15,20H,4-6,9-10,16H2,1-3H3,(H,24,26). The van der Waals surface area contributed by atoms with Gasteiger partial charge in [0.2, 0.25) is 5.91 Å². The van der Waals surface area contributed by atoms with Crippen LogP contribution in [-0.4, -0.2) is 26.9 Å². The molecule has 0 aromatic heterocycles. The van der Waals surface area contributed by atoms with E-state index in [2.05, 4.69) is 5.32 Å². The summed E-state index contributed by atoms with van der Waals surface area (Å²) in [6.45, 7) is 5.52. The maximum Gasteiger partial charge on any atom is 0.264 e. The van der Waals surface area contributed by atoms with Crippen LogP contribution in [0, 0.1) is 20.8 Å². The van der Waals surface area contributed by atoms with E-state index in [1.165, 1.54) is 10.7 Å². The third-order valence-corrected chi connectivity index (χ3v) is 7.49. The monoisotopic (exact) mass is 414 g/mol. The quantitative estimate of drug-likeness (QED) is 0.768. The summed E-state index contributed by atoms with van der Waals surface area (Å²) in [5, 5.41) is 3.04. The average Bonchev–Trinajstić information content (AvgIpc) is 2.69. The SMILES string of the molecule is Cc1ccc(S(=O)(=O)N(CC(=O)NC2CCCCC2)c2cccc(C)c2C)cc1. The van der Waals surface area contributed by atoms with Crippen molar-refractivity contribution in [2.45, 2.75) is 63.8 Å². The van der Waals surface area contributed by atoms with Gasteiger partial charge in [-0.25, -0.2) is 8.42 Å². The number of rotatable bonds is 6. The van der Waals surface area contributed by atoms with Crippen LogP contribution in [0.4, 0.5) is 5.69 Å². The zero-order chi connectivity index (χ0) is 21.0. The fourth-order valence-corrected chi connectivity index (χ4v) is 5.27. The van der Waals surface area contributed by atoms with E-state index in [1.807, 2.05) is 32.9 Å².